The number of para-hydroxylation sites is 1. The number of anilines is 1. The van der Waals surface area contributed by atoms with E-state index in [1.165, 1.54) is 0 Å². The average molecular weight is 282 g/mol. The first-order valence-electron chi connectivity index (χ1n) is 6.99. The molecule has 0 aromatic heterocycles. The van der Waals surface area contributed by atoms with Crippen LogP contribution in [0.2, 0.25) is 0 Å². The first-order valence-corrected chi connectivity index (χ1v) is 8.04. The molecule has 19 heavy (non-hydrogen) atoms. The van der Waals surface area contributed by atoms with Crippen LogP contribution in [-0.4, -0.2) is 31.1 Å². The van der Waals surface area contributed by atoms with Crippen LogP contribution in [0.5, 0.6) is 0 Å². The molecule has 4 heteroatoms. The maximum Gasteiger partial charge on any atom is 0.146 e. The number of thioether (sulfide) groups is 1. The first-order chi connectivity index (χ1) is 9.17. The molecule has 0 amide bonds. The molecule has 1 heterocycles. The molecule has 106 valence electrons. The molecule has 1 aliphatic rings. The Bertz CT molecular complexity index is 425. The van der Waals surface area contributed by atoms with Gasteiger partial charge in [-0.05, 0) is 32.0 Å². The molecule has 1 saturated heterocycles. The summed E-state index contributed by atoms with van der Waals surface area (Å²) in [5.74, 6) is 0.988. The minimum atomic E-state index is -0.0960. The van der Waals surface area contributed by atoms with E-state index in [2.05, 4.69) is 24.1 Å². The van der Waals surface area contributed by atoms with Gasteiger partial charge in [-0.15, -0.1) is 0 Å². The standard InChI is InChI=1S/C15H23FN2S/c1-4-12-10-18(8-9-19-12)15-13(11(2)17-3)6-5-7-14(15)16/h5-7,11-12,17H,4,8-10H2,1-3H3. The van der Waals surface area contributed by atoms with Gasteiger partial charge in [0.1, 0.15) is 5.82 Å². The van der Waals surface area contributed by atoms with Gasteiger partial charge in [0.05, 0.1) is 5.69 Å². The van der Waals surface area contributed by atoms with Gasteiger partial charge >= 0.3 is 0 Å². The van der Waals surface area contributed by atoms with E-state index in [-0.39, 0.29) is 11.9 Å². The Morgan fingerprint density at radius 2 is 2.32 bits per heavy atom. The Labute approximate surface area is 119 Å². The van der Waals surface area contributed by atoms with E-state index < -0.39 is 0 Å². The summed E-state index contributed by atoms with van der Waals surface area (Å²) >= 11 is 2.01. The number of rotatable bonds is 4. The van der Waals surface area contributed by atoms with Gasteiger partial charge in [-0.1, -0.05) is 19.1 Å². The van der Waals surface area contributed by atoms with Crippen molar-refractivity contribution in [3.63, 3.8) is 0 Å². The molecule has 1 fully saturated rings. The van der Waals surface area contributed by atoms with Crippen molar-refractivity contribution in [2.24, 2.45) is 0 Å². The molecular weight excluding hydrogens is 259 g/mol. The maximum absolute atomic E-state index is 14.3. The zero-order valence-electron chi connectivity index (χ0n) is 11.9. The molecule has 0 spiro atoms. The second kappa shape index (κ2) is 6.62. The van der Waals surface area contributed by atoms with E-state index in [1.54, 1.807) is 12.1 Å². The fraction of sp³-hybridized carbons (Fsp3) is 0.600. The molecule has 0 saturated carbocycles. The lowest BCUT2D eigenvalue weighted by atomic mass is 10.0. The van der Waals surface area contributed by atoms with Crippen molar-refractivity contribution >= 4 is 17.4 Å². The molecule has 0 radical (unpaired) electrons. The lowest BCUT2D eigenvalue weighted by Gasteiger charge is -2.35. The molecule has 1 aromatic rings. The second-order valence-electron chi connectivity index (χ2n) is 5.04. The van der Waals surface area contributed by atoms with Crippen LogP contribution in [0.15, 0.2) is 18.2 Å². The topological polar surface area (TPSA) is 15.3 Å². The number of halogens is 1. The first kappa shape index (κ1) is 14.7. The van der Waals surface area contributed by atoms with E-state index in [4.69, 9.17) is 0 Å². The number of hydrogen-bond acceptors (Lipinski definition) is 3. The van der Waals surface area contributed by atoms with Crippen molar-refractivity contribution in [2.45, 2.75) is 31.6 Å². The summed E-state index contributed by atoms with van der Waals surface area (Å²) in [6, 6.07) is 5.57. The molecule has 2 nitrogen and oxygen atoms in total. The van der Waals surface area contributed by atoms with E-state index in [0.717, 1.165) is 36.5 Å². The highest BCUT2D eigenvalue weighted by molar-refractivity contribution is 8.00. The molecule has 0 aliphatic carbocycles. The van der Waals surface area contributed by atoms with Crippen LogP contribution >= 0.6 is 11.8 Å². The third kappa shape index (κ3) is 3.23. The summed E-state index contributed by atoms with van der Waals surface area (Å²) < 4.78 is 14.3. The average Bonchev–Trinajstić information content (AvgIpc) is 2.46. The van der Waals surface area contributed by atoms with Crippen molar-refractivity contribution in [3.05, 3.63) is 29.6 Å². The number of hydrogen-bond donors (Lipinski definition) is 1. The third-order valence-electron chi connectivity index (χ3n) is 3.83. The maximum atomic E-state index is 14.3. The Kier molecular flexibility index (Phi) is 5.11. The second-order valence-corrected chi connectivity index (χ2v) is 6.44. The number of benzene rings is 1. The number of nitrogens with one attached hydrogen (secondary N) is 1. The van der Waals surface area contributed by atoms with Crippen molar-refractivity contribution in [2.75, 3.05) is 30.8 Å². The van der Waals surface area contributed by atoms with Gasteiger partial charge in [-0.3, -0.25) is 0 Å². The summed E-state index contributed by atoms with van der Waals surface area (Å²) in [6.07, 6.45) is 1.15. The normalized spacial score (nSPS) is 21.5. The SMILES string of the molecule is CCC1CN(c2c(F)cccc2C(C)NC)CCS1. The molecule has 1 aromatic carbocycles. The lowest BCUT2D eigenvalue weighted by Crippen LogP contribution is -2.39. The van der Waals surface area contributed by atoms with Crippen molar-refractivity contribution < 1.29 is 4.39 Å². The predicted octanol–water partition coefficient (Wildman–Crippen LogP) is 3.44. The van der Waals surface area contributed by atoms with Gasteiger partial charge in [-0.2, -0.15) is 11.8 Å². The smallest absolute Gasteiger partial charge is 0.146 e. The van der Waals surface area contributed by atoms with E-state index >= 15 is 0 Å². The van der Waals surface area contributed by atoms with Gasteiger partial charge in [0, 0.05) is 30.1 Å². The summed E-state index contributed by atoms with van der Waals surface area (Å²) in [5, 5.41) is 3.83. The zero-order valence-corrected chi connectivity index (χ0v) is 12.8. The molecule has 1 N–H and O–H groups in total. The summed E-state index contributed by atoms with van der Waals surface area (Å²) in [6.45, 7) is 6.17. The van der Waals surface area contributed by atoms with E-state index in [9.17, 15) is 4.39 Å². The van der Waals surface area contributed by atoms with Gasteiger partial charge in [0.15, 0.2) is 0 Å². The third-order valence-corrected chi connectivity index (χ3v) is 5.20. The fourth-order valence-corrected chi connectivity index (χ4v) is 3.72. The Morgan fingerprint density at radius 3 is 3.00 bits per heavy atom. The Balaban J connectivity index is 2.32. The largest absolute Gasteiger partial charge is 0.367 e. The highest BCUT2D eigenvalue weighted by atomic mass is 32.2. The summed E-state index contributed by atoms with van der Waals surface area (Å²) in [5.41, 5.74) is 1.85. The van der Waals surface area contributed by atoms with E-state index in [1.807, 2.05) is 24.9 Å². The van der Waals surface area contributed by atoms with Crippen LogP contribution in [-0.2, 0) is 0 Å². The van der Waals surface area contributed by atoms with Crippen LogP contribution in [0.25, 0.3) is 0 Å². The van der Waals surface area contributed by atoms with Gasteiger partial charge < -0.3 is 10.2 Å². The van der Waals surface area contributed by atoms with Gasteiger partial charge in [0.2, 0.25) is 0 Å². The molecule has 0 bridgehead atoms. The zero-order chi connectivity index (χ0) is 13.8. The van der Waals surface area contributed by atoms with Gasteiger partial charge in [-0.25, -0.2) is 4.39 Å². The van der Waals surface area contributed by atoms with Crippen LogP contribution in [0.3, 0.4) is 0 Å². The molecular formula is C15H23FN2S. The quantitative estimate of drug-likeness (QED) is 0.911. The van der Waals surface area contributed by atoms with Crippen LogP contribution in [0, 0.1) is 5.82 Å². The molecule has 2 rings (SSSR count). The minimum Gasteiger partial charge on any atom is -0.367 e. The highest BCUT2D eigenvalue weighted by Crippen LogP contribution is 2.33. The van der Waals surface area contributed by atoms with Crippen molar-refractivity contribution in [1.82, 2.24) is 5.32 Å². The van der Waals surface area contributed by atoms with Crippen LogP contribution in [0.1, 0.15) is 31.9 Å². The molecule has 2 unspecified atom stereocenters. The Morgan fingerprint density at radius 1 is 1.53 bits per heavy atom. The lowest BCUT2D eigenvalue weighted by molar-refractivity contribution is 0.593. The summed E-state index contributed by atoms with van der Waals surface area (Å²) in [7, 11) is 1.92. The predicted molar refractivity (Wildman–Crippen MR) is 82.6 cm³/mol. The molecule has 1 aliphatic heterocycles. The van der Waals surface area contributed by atoms with Gasteiger partial charge in [0.25, 0.3) is 0 Å². The monoisotopic (exact) mass is 282 g/mol. The van der Waals surface area contributed by atoms with Crippen LogP contribution < -0.4 is 10.2 Å². The Hall–Kier alpha value is -0.740. The van der Waals surface area contributed by atoms with Crippen LogP contribution in [0.4, 0.5) is 10.1 Å². The summed E-state index contributed by atoms with van der Waals surface area (Å²) in [4.78, 5) is 2.23. The number of nitrogens with zero attached hydrogens (tertiary/aromatic N) is 1. The van der Waals surface area contributed by atoms with Crippen molar-refractivity contribution in [3.8, 4) is 0 Å². The minimum absolute atomic E-state index is 0.0960. The highest BCUT2D eigenvalue weighted by Gasteiger charge is 2.24. The fourth-order valence-electron chi connectivity index (χ4n) is 2.54. The van der Waals surface area contributed by atoms with E-state index in [0.29, 0.717) is 5.25 Å². The van der Waals surface area contributed by atoms with Crippen molar-refractivity contribution in [1.29, 1.82) is 0 Å². The molecule has 2 atom stereocenters.